The van der Waals surface area contributed by atoms with E-state index in [1.807, 2.05) is 27.7 Å². The van der Waals surface area contributed by atoms with Crippen molar-refractivity contribution in [3.05, 3.63) is 29.8 Å². The minimum absolute atomic E-state index is 0.0381. The number of hydrogen-bond donors (Lipinski definition) is 0. The van der Waals surface area contributed by atoms with E-state index in [0.29, 0.717) is 10.7 Å². The van der Waals surface area contributed by atoms with E-state index in [0.717, 1.165) is 5.75 Å². The first-order chi connectivity index (χ1) is 10.3. The van der Waals surface area contributed by atoms with Crippen LogP contribution in [0.2, 0.25) is 0 Å². The molecule has 1 aromatic carbocycles. The summed E-state index contributed by atoms with van der Waals surface area (Å²) in [6.45, 7) is 7.91. The summed E-state index contributed by atoms with van der Waals surface area (Å²) in [5.41, 5.74) is 0.421. The van der Waals surface area contributed by atoms with E-state index in [-0.39, 0.29) is 16.6 Å². The Morgan fingerprint density at radius 1 is 1.27 bits per heavy atom. The van der Waals surface area contributed by atoms with E-state index >= 15 is 0 Å². The van der Waals surface area contributed by atoms with Gasteiger partial charge in [0.25, 0.3) is 0 Å². The summed E-state index contributed by atoms with van der Waals surface area (Å²) >= 11 is 1.36. The third-order valence-electron chi connectivity index (χ3n) is 3.10. The van der Waals surface area contributed by atoms with Crippen molar-refractivity contribution in [2.24, 2.45) is 0 Å². The number of ketones is 1. The summed E-state index contributed by atoms with van der Waals surface area (Å²) in [5.74, 6) is 0.768. The average molecular weight is 320 g/mol. The van der Waals surface area contributed by atoms with Crippen LogP contribution in [0.15, 0.2) is 29.4 Å². The minimum atomic E-state index is -0.277. The highest BCUT2D eigenvalue weighted by molar-refractivity contribution is 8.00. The van der Waals surface area contributed by atoms with Gasteiger partial charge in [0, 0.05) is 5.56 Å². The van der Waals surface area contributed by atoms with Crippen molar-refractivity contribution in [3.8, 4) is 5.75 Å². The molecule has 2 aromatic rings. The summed E-state index contributed by atoms with van der Waals surface area (Å²) in [4.78, 5) is 12.5. The van der Waals surface area contributed by atoms with Gasteiger partial charge in [-0.15, -0.1) is 5.10 Å². The van der Waals surface area contributed by atoms with Gasteiger partial charge in [0.15, 0.2) is 5.78 Å². The number of thioether (sulfide) groups is 1. The van der Waals surface area contributed by atoms with E-state index in [1.165, 1.54) is 11.8 Å². The van der Waals surface area contributed by atoms with Gasteiger partial charge in [-0.1, -0.05) is 11.8 Å². The molecule has 0 amide bonds. The number of benzene rings is 1. The third kappa shape index (κ3) is 3.65. The fourth-order valence-electron chi connectivity index (χ4n) is 1.88. The molecule has 0 aliphatic heterocycles. The molecule has 0 fully saturated rings. The van der Waals surface area contributed by atoms with Crippen molar-refractivity contribution in [1.29, 1.82) is 0 Å². The quantitative estimate of drug-likeness (QED) is 0.623. The molecule has 0 radical (unpaired) electrons. The lowest BCUT2D eigenvalue weighted by Crippen LogP contribution is -2.25. The maximum absolute atomic E-state index is 12.5. The zero-order chi connectivity index (χ0) is 16.3. The topological polar surface area (TPSA) is 69.9 Å². The fraction of sp³-hybridized carbons (Fsp3) is 0.467. The first-order valence-electron chi connectivity index (χ1n) is 6.96. The number of carbonyl (C=O) groups excluding carboxylic acids is 1. The molecule has 0 bridgehead atoms. The van der Waals surface area contributed by atoms with Crippen molar-refractivity contribution in [3.63, 3.8) is 0 Å². The summed E-state index contributed by atoms with van der Waals surface area (Å²) in [5, 5.41) is 12.1. The standard InChI is InChI=1S/C15H20N4O2S/c1-10(13(20)11-6-8-12(21-5)9-7-11)22-14-16-17-18-19(14)15(2,3)4/h6-10H,1-5H3/t10-/m1/s1. The van der Waals surface area contributed by atoms with Crippen LogP contribution in [0.25, 0.3) is 0 Å². The molecular formula is C15H20N4O2S. The summed E-state index contributed by atoms with van der Waals surface area (Å²) in [6.07, 6.45) is 0. The van der Waals surface area contributed by atoms with Gasteiger partial charge < -0.3 is 4.74 Å². The number of hydrogen-bond acceptors (Lipinski definition) is 6. The molecule has 0 N–H and O–H groups in total. The number of carbonyl (C=O) groups is 1. The van der Waals surface area contributed by atoms with Crippen LogP contribution in [0.4, 0.5) is 0 Å². The van der Waals surface area contributed by atoms with Crippen LogP contribution in [-0.4, -0.2) is 38.4 Å². The Labute approximate surface area is 134 Å². The lowest BCUT2D eigenvalue weighted by atomic mass is 10.1. The summed E-state index contributed by atoms with van der Waals surface area (Å²) in [7, 11) is 1.60. The van der Waals surface area contributed by atoms with E-state index < -0.39 is 0 Å². The van der Waals surface area contributed by atoms with Crippen LogP contribution in [0, 0.1) is 0 Å². The Morgan fingerprint density at radius 3 is 2.45 bits per heavy atom. The predicted molar refractivity (Wildman–Crippen MR) is 85.5 cm³/mol. The van der Waals surface area contributed by atoms with Crippen LogP contribution in [-0.2, 0) is 5.54 Å². The van der Waals surface area contributed by atoms with Crippen LogP contribution >= 0.6 is 11.8 Å². The molecule has 0 saturated carbocycles. The molecule has 0 saturated heterocycles. The molecule has 0 unspecified atom stereocenters. The number of Topliss-reactive ketones (excluding diaryl/α,β-unsaturated/α-hetero) is 1. The summed E-state index contributed by atoms with van der Waals surface area (Å²) < 4.78 is 6.83. The lowest BCUT2D eigenvalue weighted by molar-refractivity contribution is 0.0993. The highest BCUT2D eigenvalue weighted by atomic mass is 32.2. The van der Waals surface area contributed by atoms with Gasteiger partial charge in [-0.25, -0.2) is 4.68 Å². The first kappa shape index (κ1) is 16.5. The van der Waals surface area contributed by atoms with Gasteiger partial charge in [-0.2, -0.15) is 0 Å². The molecule has 1 atom stereocenters. The van der Waals surface area contributed by atoms with Crippen molar-refractivity contribution in [2.75, 3.05) is 7.11 Å². The maximum atomic E-state index is 12.5. The first-order valence-corrected chi connectivity index (χ1v) is 7.84. The molecule has 0 aliphatic rings. The van der Waals surface area contributed by atoms with Crippen LogP contribution < -0.4 is 4.74 Å². The molecule has 22 heavy (non-hydrogen) atoms. The summed E-state index contributed by atoms with van der Waals surface area (Å²) in [6, 6.07) is 7.10. The van der Waals surface area contributed by atoms with Crippen LogP contribution in [0.5, 0.6) is 5.75 Å². The predicted octanol–water partition coefficient (Wildman–Crippen LogP) is 2.80. The van der Waals surface area contributed by atoms with Crippen LogP contribution in [0.1, 0.15) is 38.1 Å². The third-order valence-corrected chi connectivity index (χ3v) is 4.14. The molecule has 0 spiro atoms. The molecule has 1 aromatic heterocycles. The second-order valence-electron chi connectivity index (χ2n) is 5.90. The van der Waals surface area contributed by atoms with Crippen molar-refractivity contribution in [1.82, 2.24) is 20.2 Å². The van der Waals surface area contributed by atoms with Crippen molar-refractivity contribution < 1.29 is 9.53 Å². The monoisotopic (exact) mass is 320 g/mol. The minimum Gasteiger partial charge on any atom is -0.497 e. The Morgan fingerprint density at radius 2 is 1.91 bits per heavy atom. The molecule has 0 aliphatic carbocycles. The second-order valence-corrected chi connectivity index (χ2v) is 7.20. The van der Waals surface area contributed by atoms with Gasteiger partial charge in [0.2, 0.25) is 5.16 Å². The fourth-order valence-corrected chi connectivity index (χ4v) is 2.93. The lowest BCUT2D eigenvalue weighted by Gasteiger charge is -2.20. The van der Waals surface area contributed by atoms with E-state index in [9.17, 15) is 4.79 Å². The van der Waals surface area contributed by atoms with Crippen molar-refractivity contribution in [2.45, 2.75) is 43.6 Å². The highest BCUT2D eigenvalue weighted by Crippen LogP contribution is 2.27. The number of ether oxygens (including phenoxy) is 1. The Bertz CT molecular complexity index is 646. The SMILES string of the molecule is COc1ccc(C(=O)[C@@H](C)Sc2nnnn2C(C)(C)C)cc1. The maximum Gasteiger partial charge on any atom is 0.210 e. The molecule has 2 rings (SSSR count). The number of tetrazole rings is 1. The Kier molecular flexibility index (Phi) is 4.85. The average Bonchev–Trinajstić information content (AvgIpc) is 2.95. The molecule has 1 heterocycles. The molecule has 7 heteroatoms. The number of nitrogens with zero attached hydrogens (tertiary/aromatic N) is 4. The van der Waals surface area contributed by atoms with E-state index in [4.69, 9.17) is 4.74 Å². The van der Waals surface area contributed by atoms with Gasteiger partial charge in [-0.3, -0.25) is 4.79 Å². The van der Waals surface area contributed by atoms with E-state index in [2.05, 4.69) is 15.5 Å². The number of aromatic nitrogens is 4. The normalized spacial score (nSPS) is 13.0. The zero-order valence-corrected chi connectivity index (χ0v) is 14.2. The van der Waals surface area contributed by atoms with Gasteiger partial charge in [-0.05, 0) is 62.4 Å². The van der Waals surface area contributed by atoms with E-state index in [1.54, 1.807) is 36.1 Å². The molecule has 118 valence electrons. The van der Waals surface area contributed by atoms with Crippen molar-refractivity contribution >= 4 is 17.5 Å². The number of methoxy groups -OCH3 is 1. The Balaban J connectivity index is 2.13. The molecular weight excluding hydrogens is 300 g/mol. The van der Waals surface area contributed by atoms with Gasteiger partial charge in [0.05, 0.1) is 17.9 Å². The second kappa shape index (κ2) is 6.48. The molecule has 6 nitrogen and oxygen atoms in total. The zero-order valence-electron chi connectivity index (χ0n) is 13.4. The number of rotatable bonds is 5. The smallest absolute Gasteiger partial charge is 0.210 e. The largest absolute Gasteiger partial charge is 0.497 e. The van der Waals surface area contributed by atoms with Gasteiger partial charge >= 0.3 is 0 Å². The van der Waals surface area contributed by atoms with Gasteiger partial charge in [0.1, 0.15) is 5.75 Å². The van der Waals surface area contributed by atoms with Crippen LogP contribution in [0.3, 0.4) is 0 Å². The highest BCUT2D eigenvalue weighted by Gasteiger charge is 2.24. The Hall–Kier alpha value is -1.89.